The van der Waals surface area contributed by atoms with Gasteiger partial charge in [0.25, 0.3) is 20.2 Å². The predicted octanol–water partition coefficient (Wildman–Crippen LogP) is 1.96. The molecule has 0 bridgehead atoms. The molecule has 0 aliphatic carbocycles. The summed E-state index contributed by atoms with van der Waals surface area (Å²) in [4.78, 5) is 0.862. The number of hydrogen-bond acceptors (Lipinski definition) is 5. The number of anilines is 1. The lowest BCUT2D eigenvalue weighted by molar-refractivity contribution is 0.480. The second-order valence-electron chi connectivity index (χ2n) is 6.81. The highest BCUT2D eigenvalue weighted by atomic mass is 32.2. The Morgan fingerprint density at radius 1 is 0.862 bits per heavy atom. The van der Waals surface area contributed by atoms with Crippen LogP contribution >= 0.6 is 0 Å². The fraction of sp³-hybridized carbons (Fsp3) is 0.0588. The first-order valence-corrected chi connectivity index (χ1v) is 11.2. The summed E-state index contributed by atoms with van der Waals surface area (Å²) in [6.45, 7) is 1.87. The van der Waals surface area contributed by atoms with Gasteiger partial charge in [0.2, 0.25) is 0 Å². The van der Waals surface area contributed by atoms with Crippen LogP contribution in [0.5, 0.6) is 0 Å². The monoisotopic (exact) mass is 434 g/mol. The number of nitrogen functional groups attached to an aromatic ring is 1. The quantitative estimate of drug-likeness (QED) is 0.290. The molecule has 5 rings (SSSR count). The highest BCUT2D eigenvalue weighted by molar-refractivity contribution is 7.86. The summed E-state index contributed by atoms with van der Waals surface area (Å²) < 4.78 is 69.3. The average molecular weight is 434 g/mol. The largest absolute Gasteiger partial charge is 0.399 e. The smallest absolute Gasteiger partial charge is 0.295 e. The van der Waals surface area contributed by atoms with Crippen LogP contribution in [0.4, 0.5) is 5.69 Å². The van der Waals surface area contributed by atoms with Crippen LogP contribution in [0.1, 0.15) is 5.56 Å². The SMILES string of the molecule is Cc1cc(-n2n3c4cc(S(=O)(=O)O)c5cc(S(=O)(=O)O)ccc5c4n23)ccc1N. The van der Waals surface area contributed by atoms with E-state index >= 15 is 0 Å². The van der Waals surface area contributed by atoms with Gasteiger partial charge in [0.15, 0.2) is 0 Å². The van der Waals surface area contributed by atoms with Crippen molar-refractivity contribution in [3.8, 4) is 5.69 Å². The summed E-state index contributed by atoms with van der Waals surface area (Å²) >= 11 is 0. The molecule has 10 nitrogen and oxygen atoms in total. The summed E-state index contributed by atoms with van der Waals surface area (Å²) in [5, 5.41) is 0.398. The lowest BCUT2D eigenvalue weighted by atomic mass is 10.1. The van der Waals surface area contributed by atoms with Crippen molar-refractivity contribution in [1.82, 2.24) is 14.1 Å². The fourth-order valence-electron chi connectivity index (χ4n) is 3.56. The number of nitrogens with two attached hydrogens (primary N) is 1. The van der Waals surface area contributed by atoms with Gasteiger partial charge in [-0.15, -0.1) is 9.26 Å². The molecule has 2 heterocycles. The van der Waals surface area contributed by atoms with Gasteiger partial charge in [-0.25, -0.2) is 0 Å². The second kappa shape index (κ2) is 5.30. The Bertz CT molecular complexity index is 1670. The number of benzene rings is 3. The van der Waals surface area contributed by atoms with Gasteiger partial charge in [0.05, 0.1) is 10.6 Å². The van der Waals surface area contributed by atoms with Gasteiger partial charge in [-0.05, 0) is 48.9 Å². The molecule has 0 amide bonds. The molecule has 0 unspecified atom stereocenters. The molecule has 4 N–H and O–H groups in total. The van der Waals surface area contributed by atoms with Gasteiger partial charge in [-0.1, -0.05) is 6.07 Å². The molecular weight excluding hydrogens is 420 g/mol. The van der Waals surface area contributed by atoms with Crippen LogP contribution in [0.15, 0.2) is 52.3 Å². The standard InChI is InChI=1S/C17H14N4O6S2/c1-9-6-10(2-5-14(9)18)19-20-15-8-16(29(25,26)27)13-7-11(28(22,23)24)3-4-12(13)17(15)21(19)20/h2-8H,18H2,1H3,(H,22,23,24)(H,25,26,27). The predicted molar refractivity (Wildman–Crippen MR) is 105 cm³/mol. The Kier molecular flexibility index (Phi) is 3.29. The number of fused-ring (bicyclic) bond motifs is 6. The lowest BCUT2D eigenvalue weighted by Crippen LogP contribution is -2.04. The minimum atomic E-state index is -4.65. The minimum absolute atomic E-state index is 0.0126. The van der Waals surface area contributed by atoms with Crippen LogP contribution in [0, 0.1) is 6.92 Å². The highest BCUT2D eigenvalue weighted by Crippen LogP contribution is 2.37. The van der Waals surface area contributed by atoms with Crippen LogP contribution < -0.4 is 5.73 Å². The van der Waals surface area contributed by atoms with E-state index in [-0.39, 0.29) is 5.39 Å². The Hall–Kier alpha value is -3.06. The van der Waals surface area contributed by atoms with E-state index in [1.54, 1.807) is 20.1 Å². The molecule has 0 radical (unpaired) electrons. The van der Waals surface area contributed by atoms with Crippen molar-refractivity contribution in [3.63, 3.8) is 0 Å². The number of aromatic nitrogens is 3. The van der Waals surface area contributed by atoms with E-state index in [1.165, 1.54) is 18.2 Å². The van der Waals surface area contributed by atoms with Crippen molar-refractivity contribution in [2.75, 3.05) is 5.73 Å². The first-order valence-electron chi connectivity index (χ1n) is 8.30. The zero-order chi connectivity index (χ0) is 20.9. The summed E-state index contributed by atoms with van der Waals surface area (Å²) in [6.07, 6.45) is 0. The van der Waals surface area contributed by atoms with E-state index in [0.717, 1.165) is 17.3 Å². The lowest BCUT2D eigenvalue weighted by Gasteiger charge is -2.09. The zero-order valence-corrected chi connectivity index (χ0v) is 16.4. The molecule has 0 fully saturated rings. The number of aryl methyl sites for hydroxylation is 1. The fourth-order valence-corrected chi connectivity index (χ4v) is 4.77. The molecule has 0 saturated carbocycles. The summed E-state index contributed by atoms with van der Waals surface area (Å²) in [6, 6.07) is 10.3. The van der Waals surface area contributed by atoms with Gasteiger partial charge in [-0.3, -0.25) is 9.11 Å². The minimum Gasteiger partial charge on any atom is -0.399 e. The van der Waals surface area contributed by atoms with E-state index in [9.17, 15) is 25.9 Å². The molecule has 2 aromatic heterocycles. The molecule has 12 heteroatoms. The van der Waals surface area contributed by atoms with Crippen molar-refractivity contribution in [2.45, 2.75) is 16.7 Å². The summed E-state index contributed by atoms with van der Waals surface area (Å²) in [5.74, 6) is 0. The van der Waals surface area contributed by atoms with Crippen molar-refractivity contribution < 1.29 is 25.9 Å². The Morgan fingerprint density at radius 3 is 2.21 bits per heavy atom. The van der Waals surface area contributed by atoms with E-state index in [1.807, 2.05) is 19.1 Å². The Balaban J connectivity index is 1.86. The zero-order valence-electron chi connectivity index (χ0n) is 14.8. The van der Waals surface area contributed by atoms with Crippen molar-refractivity contribution >= 4 is 47.7 Å². The van der Waals surface area contributed by atoms with Crippen molar-refractivity contribution in [1.29, 1.82) is 0 Å². The molecule has 0 aliphatic heterocycles. The van der Waals surface area contributed by atoms with Gasteiger partial charge in [0.1, 0.15) is 15.9 Å². The average Bonchev–Trinajstić information content (AvgIpc) is 3.26. The molecule has 150 valence electrons. The third kappa shape index (κ3) is 2.47. The number of rotatable bonds is 3. The Labute approximate surface area is 164 Å². The maximum absolute atomic E-state index is 11.9. The topological polar surface area (TPSA) is 149 Å². The third-order valence-electron chi connectivity index (χ3n) is 5.01. The molecule has 0 aliphatic rings. The van der Waals surface area contributed by atoms with E-state index in [0.29, 0.717) is 22.1 Å². The highest BCUT2D eigenvalue weighted by Gasteiger charge is 2.30. The van der Waals surface area contributed by atoms with Crippen LogP contribution in [-0.4, -0.2) is 40.0 Å². The maximum atomic E-state index is 11.9. The molecule has 29 heavy (non-hydrogen) atoms. The van der Waals surface area contributed by atoms with Crippen molar-refractivity contribution in [3.05, 3.63) is 48.0 Å². The van der Waals surface area contributed by atoms with Gasteiger partial charge >= 0.3 is 0 Å². The molecule has 0 spiro atoms. The number of nitrogens with zero attached hydrogens (tertiary/aromatic N) is 3. The van der Waals surface area contributed by atoms with Crippen LogP contribution in [0.25, 0.3) is 27.5 Å². The normalized spacial score (nSPS) is 13.3. The van der Waals surface area contributed by atoms with Crippen molar-refractivity contribution in [2.24, 2.45) is 0 Å². The van der Waals surface area contributed by atoms with Crippen LogP contribution in [0.3, 0.4) is 0 Å². The van der Waals surface area contributed by atoms with Gasteiger partial charge in [0, 0.05) is 16.5 Å². The molecule has 3 aromatic carbocycles. The molecule has 0 saturated heterocycles. The third-order valence-corrected chi connectivity index (χ3v) is 6.75. The van der Waals surface area contributed by atoms with Gasteiger partial charge < -0.3 is 5.73 Å². The second-order valence-corrected chi connectivity index (χ2v) is 9.62. The molecule has 0 atom stereocenters. The molecular formula is C17H14N4O6S2. The first-order chi connectivity index (χ1) is 13.5. The van der Waals surface area contributed by atoms with E-state index in [2.05, 4.69) is 0 Å². The van der Waals surface area contributed by atoms with E-state index in [4.69, 9.17) is 5.73 Å². The van der Waals surface area contributed by atoms with Crippen LogP contribution in [0.2, 0.25) is 0 Å². The molecule has 5 aromatic rings. The summed E-state index contributed by atoms with van der Waals surface area (Å²) in [5.41, 5.74) is 9.34. The van der Waals surface area contributed by atoms with Crippen LogP contribution in [-0.2, 0) is 20.2 Å². The first kappa shape index (κ1) is 18.0. The number of hydrogen-bond donors (Lipinski definition) is 3. The van der Waals surface area contributed by atoms with Gasteiger partial charge in [-0.2, -0.15) is 21.6 Å². The Morgan fingerprint density at radius 2 is 1.59 bits per heavy atom. The summed E-state index contributed by atoms with van der Waals surface area (Å²) in [7, 11) is -9.20. The maximum Gasteiger partial charge on any atom is 0.295 e. The van der Waals surface area contributed by atoms with E-state index < -0.39 is 30.0 Å².